The van der Waals surface area contributed by atoms with Crippen molar-refractivity contribution < 1.29 is 38.6 Å². The first-order chi connectivity index (χ1) is 31.1. The van der Waals surface area contributed by atoms with Crippen LogP contribution in [0.2, 0.25) is 0 Å². The molecule has 0 saturated carbocycles. The number of rotatable bonds is 22. The number of aliphatic hydroxyl groups excluding tert-OH is 1. The summed E-state index contributed by atoms with van der Waals surface area (Å²) in [5, 5.41) is 18.3. The molecule has 0 aromatic heterocycles. The van der Waals surface area contributed by atoms with Crippen molar-refractivity contribution in [3.05, 3.63) is 138 Å². The first-order valence-corrected chi connectivity index (χ1v) is 22.4. The second kappa shape index (κ2) is 27.1. The minimum atomic E-state index is -0.871. The Labute approximate surface area is 377 Å². The molecule has 0 spiro atoms. The van der Waals surface area contributed by atoms with E-state index in [2.05, 4.69) is 40.2 Å². The van der Waals surface area contributed by atoms with E-state index in [4.69, 9.17) is 4.74 Å². The van der Waals surface area contributed by atoms with E-state index in [1.54, 1.807) is 31.2 Å². The molecular weight excluding hydrogens is 809 g/mol. The summed E-state index contributed by atoms with van der Waals surface area (Å²) >= 11 is 0. The van der Waals surface area contributed by atoms with Crippen LogP contribution in [0.5, 0.6) is 0 Å². The van der Waals surface area contributed by atoms with E-state index in [9.17, 15) is 33.9 Å². The Morgan fingerprint density at radius 2 is 1.34 bits per heavy atom. The number of Topliss-reactive ketones (excluding diaryl/α,β-unsaturated/α-hetero) is 2. The molecule has 2 aliphatic rings. The Balaban J connectivity index is 0.000000445. The fraction of sp³-hybridized carbons (Fsp3) is 0.385. The highest BCUT2D eigenvalue weighted by molar-refractivity contribution is 6.12. The van der Waals surface area contributed by atoms with Gasteiger partial charge < -0.3 is 30.6 Å². The third kappa shape index (κ3) is 15.5. The molecule has 1 aliphatic carbocycles. The number of fused-ring (bicyclic) bond motifs is 3. The molecule has 0 unspecified atom stereocenters. The average molecular weight is 873 g/mol. The van der Waals surface area contributed by atoms with Crippen LogP contribution in [0.25, 0.3) is 11.1 Å². The number of nitrogens with one attached hydrogen (secondary N) is 3. The van der Waals surface area contributed by atoms with Crippen molar-refractivity contribution in [2.45, 2.75) is 97.1 Å². The van der Waals surface area contributed by atoms with Gasteiger partial charge in [0.25, 0.3) is 11.8 Å². The Hall–Kier alpha value is -6.24. The number of alkyl carbamates (subject to hydrolysis) is 1. The van der Waals surface area contributed by atoms with Crippen molar-refractivity contribution >= 4 is 41.1 Å². The quantitative estimate of drug-likeness (QED) is 0.0448. The number of hydrogen-bond donors (Lipinski definition) is 4. The highest BCUT2D eigenvalue weighted by Gasteiger charge is 2.31. The lowest BCUT2D eigenvalue weighted by molar-refractivity contribution is -0.137. The summed E-state index contributed by atoms with van der Waals surface area (Å²) in [6.45, 7) is 6.89. The van der Waals surface area contributed by atoms with Gasteiger partial charge in [-0.2, -0.15) is 0 Å². The molecule has 0 saturated heterocycles. The number of benzene rings is 4. The van der Waals surface area contributed by atoms with E-state index in [1.807, 2.05) is 75.5 Å². The van der Waals surface area contributed by atoms with Gasteiger partial charge in [-0.3, -0.25) is 24.1 Å². The van der Waals surface area contributed by atoms with E-state index < -0.39 is 18.1 Å². The maximum absolute atomic E-state index is 13.9. The van der Waals surface area contributed by atoms with Crippen molar-refractivity contribution in [1.29, 1.82) is 0 Å². The van der Waals surface area contributed by atoms with Crippen LogP contribution in [0.3, 0.4) is 0 Å². The number of carbonyl (C=O) groups excluding carboxylic acids is 6. The molecule has 6 rings (SSSR count). The fourth-order valence-electron chi connectivity index (χ4n) is 7.69. The molecule has 12 nitrogen and oxygen atoms in total. The summed E-state index contributed by atoms with van der Waals surface area (Å²) in [5.74, 6) is -1.44. The topological polar surface area (TPSA) is 171 Å². The normalized spacial score (nSPS) is 13.4. The van der Waals surface area contributed by atoms with Gasteiger partial charge in [0.1, 0.15) is 12.4 Å². The van der Waals surface area contributed by atoms with Gasteiger partial charge in [0, 0.05) is 49.1 Å². The van der Waals surface area contributed by atoms with Crippen molar-refractivity contribution in [3.63, 3.8) is 0 Å². The second-order valence-electron chi connectivity index (χ2n) is 15.7. The van der Waals surface area contributed by atoms with Crippen LogP contribution in [0.1, 0.15) is 100 Å². The number of hydrogen-bond acceptors (Lipinski definition) is 9. The van der Waals surface area contributed by atoms with Crippen molar-refractivity contribution in [2.75, 3.05) is 32.1 Å². The average Bonchev–Trinajstić information content (AvgIpc) is 3.81. The maximum atomic E-state index is 13.9. The van der Waals surface area contributed by atoms with Crippen LogP contribution in [-0.2, 0) is 41.7 Å². The Morgan fingerprint density at radius 3 is 1.94 bits per heavy atom. The molecule has 4 N–H and O–H groups in total. The van der Waals surface area contributed by atoms with Gasteiger partial charge in [0.15, 0.2) is 5.78 Å². The Bertz CT molecular complexity index is 2110. The Kier molecular flexibility index (Phi) is 21.3. The number of anilines is 1. The summed E-state index contributed by atoms with van der Waals surface area (Å²) in [5.41, 5.74) is 6.72. The highest BCUT2D eigenvalue weighted by atomic mass is 16.5. The third-order valence-corrected chi connectivity index (χ3v) is 11.1. The number of amides is 4. The number of carbonyl (C=O) groups is 6. The van der Waals surface area contributed by atoms with E-state index in [0.717, 1.165) is 72.0 Å². The zero-order valence-corrected chi connectivity index (χ0v) is 37.6. The van der Waals surface area contributed by atoms with Crippen molar-refractivity contribution in [1.82, 2.24) is 15.5 Å². The lowest BCUT2D eigenvalue weighted by Gasteiger charge is -2.22. The number of aliphatic hydroxyl groups is 1. The fourth-order valence-corrected chi connectivity index (χ4v) is 7.69. The molecular formula is C52H64N4O8. The minimum absolute atomic E-state index is 0.0265. The molecule has 0 radical (unpaired) electrons. The van der Waals surface area contributed by atoms with Crippen LogP contribution < -0.4 is 16.0 Å². The lowest BCUT2D eigenvalue weighted by Crippen LogP contribution is -2.44. The van der Waals surface area contributed by atoms with Gasteiger partial charge in [-0.1, -0.05) is 118 Å². The van der Waals surface area contributed by atoms with Crippen molar-refractivity contribution in [3.8, 4) is 11.1 Å². The van der Waals surface area contributed by atoms with Gasteiger partial charge in [-0.05, 0) is 98.1 Å². The summed E-state index contributed by atoms with van der Waals surface area (Å²) in [7, 11) is 1.88. The van der Waals surface area contributed by atoms with E-state index in [-0.39, 0.29) is 61.3 Å². The highest BCUT2D eigenvalue weighted by Crippen LogP contribution is 2.44. The van der Waals surface area contributed by atoms with Gasteiger partial charge >= 0.3 is 6.09 Å². The molecule has 64 heavy (non-hydrogen) atoms. The second-order valence-corrected chi connectivity index (χ2v) is 15.7. The SMILES string of the molecule is CC.CC(=O)CCCCCN1C(=O)C=CC1=O.CNCCCC[C@H](CC(=O)[C@H](Cc1ccccc1)NC(=O)OCC1c2ccccc2-c2ccccc21)C(=O)Nc1ccc(CO)cc1. The van der Waals surface area contributed by atoms with Gasteiger partial charge in [-0.25, -0.2) is 4.79 Å². The van der Waals surface area contributed by atoms with Gasteiger partial charge in [0.2, 0.25) is 5.91 Å². The standard InChI is InChI=1S/C39H43N3O5.C11H15NO3.C2H6/c1-40-22-10-9-13-29(38(45)41-30-20-18-28(25-43)19-21-30)24-37(44)36(23-27-11-3-2-4-12-27)42-39(46)47-26-35-33-16-7-5-14-31(33)32-15-6-8-17-34(32)35;1-9(13)5-3-2-4-8-12-10(14)6-7-11(12)15;1-2/h2-8,11-12,14-21,29,35-36,40,43H,9-10,13,22-26H2,1H3,(H,41,45)(H,42,46);6-7H,2-5,8H2,1H3;1-2H3/t29-,36+;;/m1../s1. The zero-order valence-electron chi connectivity index (χ0n) is 37.6. The zero-order chi connectivity index (χ0) is 46.3. The molecule has 1 aliphatic heterocycles. The molecule has 4 aromatic carbocycles. The van der Waals surface area contributed by atoms with Crippen LogP contribution in [0.15, 0.2) is 115 Å². The molecule has 1 heterocycles. The number of ketones is 2. The van der Waals surface area contributed by atoms with E-state index in [0.29, 0.717) is 25.1 Å². The first kappa shape index (κ1) is 50.4. The molecule has 4 aromatic rings. The summed E-state index contributed by atoms with van der Waals surface area (Å²) in [4.78, 5) is 74.8. The summed E-state index contributed by atoms with van der Waals surface area (Å²) < 4.78 is 5.79. The van der Waals surface area contributed by atoms with Crippen LogP contribution >= 0.6 is 0 Å². The molecule has 0 bridgehead atoms. The number of imide groups is 1. The molecule has 0 fully saturated rings. The summed E-state index contributed by atoms with van der Waals surface area (Å²) in [6, 6.07) is 31.9. The molecule has 4 amide bonds. The van der Waals surface area contributed by atoms with E-state index >= 15 is 0 Å². The molecule has 2 atom stereocenters. The third-order valence-electron chi connectivity index (χ3n) is 11.1. The lowest BCUT2D eigenvalue weighted by atomic mass is 9.90. The van der Waals surface area contributed by atoms with Gasteiger partial charge in [0.05, 0.1) is 12.6 Å². The van der Waals surface area contributed by atoms with E-state index in [1.165, 1.54) is 17.1 Å². The van der Waals surface area contributed by atoms with Crippen LogP contribution in [-0.4, -0.2) is 78.2 Å². The van der Waals surface area contributed by atoms with Crippen molar-refractivity contribution in [2.24, 2.45) is 5.92 Å². The number of unbranched alkanes of at least 4 members (excludes halogenated alkanes) is 3. The predicted molar refractivity (Wildman–Crippen MR) is 250 cm³/mol. The molecule has 12 heteroatoms. The predicted octanol–water partition coefficient (Wildman–Crippen LogP) is 8.32. The number of nitrogens with zero attached hydrogens (tertiary/aromatic N) is 1. The monoisotopic (exact) mass is 872 g/mol. The van der Waals surface area contributed by atoms with Gasteiger partial charge in [-0.15, -0.1) is 0 Å². The van der Waals surface area contributed by atoms with Crippen LogP contribution in [0, 0.1) is 5.92 Å². The maximum Gasteiger partial charge on any atom is 0.407 e. The smallest absolute Gasteiger partial charge is 0.407 e. The minimum Gasteiger partial charge on any atom is -0.449 e. The number of ether oxygens (including phenoxy) is 1. The summed E-state index contributed by atoms with van der Waals surface area (Å²) in [6.07, 6.45) is 7.38. The molecule has 340 valence electrons. The Morgan fingerprint density at radius 1 is 0.734 bits per heavy atom. The largest absolute Gasteiger partial charge is 0.449 e. The first-order valence-electron chi connectivity index (χ1n) is 22.4. The van der Waals surface area contributed by atoms with Crippen LogP contribution in [0.4, 0.5) is 10.5 Å².